The molecule has 37 heavy (non-hydrogen) atoms. The third-order valence-electron chi connectivity index (χ3n) is 5.69. The summed E-state index contributed by atoms with van der Waals surface area (Å²) < 4.78 is 61.7. The third-order valence-corrected chi connectivity index (χ3v) is 6.38. The summed E-state index contributed by atoms with van der Waals surface area (Å²) in [5, 5.41) is 0.964. The van der Waals surface area contributed by atoms with E-state index in [1.54, 1.807) is 0 Å². The largest absolute Gasteiger partial charge is 0.487 e. The highest BCUT2D eigenvalue weighted by Gasteiger charge is 2.15. The SMILES string of the molecule is O=S(=O)(O)CC[n+]1ccc(/C=C/c2ccc3c(c2)OCCOCCOCCOCCO3)c2ccccc21. The second kappa shape index (κ2) is 13.5. The van der Waals surface area contributed by atoms with Crippen molar-refractivity contribution in [3.8, 4) is 11.5 Å². The fourth-order valence-electron chi connectivity index (χ4n) is 3.87. The van der Waals surface area contributed by atoms with Gasteiger partial charge in [-0.3, -0.25) is 4.55 Å². The van der Waals surface area contributed by atoms with Gasteiger partial charge < -0.3 is 23.7 Å². The van der Waals surface area contributed by atoms with Crippen LogP contribution in [-0.4, -0.2) is 71.6 Å². The standard InChI is InChI=1S/C27H31NO8S/c29-37(30,31)20-11-28-10-9-23(24-3-1-2-4-25(24)28)7-5-22-6-8-26-27(21-22)36-19-17-34-15-13-32-12-14-33-16-18-35-26/h1-10,21H,11-20H2/p+1/b7-5+. The Kier molecular flexibility index (Phi) is 9.86. The van der Waals surface area contributed by atoms with Crippen LogP contribution in [0.25, 0.3) is 23.1 Å². The van der Waals surface area contributed by atoms with Crippen LogP contribution in [0.3, 0.4) is 0 Å². The van der Waals surface area contributed by atoms with E-state index < -0.39 is 10.1 Å². The van der Waals surface area contributed by atoms with Gasteiger partial charge in [-0.15, -0.1) is 0 Å². The first kappa shape index (κ1) is 27.0. The van der Waals surface area contributed by atoms with Crippen LogP contribution in [0.15, 0.2) is 54.7 Å². The quantitative estimate of drug-likeness (QED) is 0.397. The summed E-state index contributed by atoms with van der Waals surface area (Å²) in [6, 6.07) is 15.4. The predicted molar refractivity (Wildman–Crippen MR) is 139 cm³/mol. The fraction of sp³-hybridized carbons (Fsp3) is 0.370. The molecule has 2 heterocycles. The molecule has 0 bridgehead atoms. The molecule has 0 atom stereocenters. The van der Waals surface area contributed by atoms with Gasteiger partial charge in [0.1, 0.15) is 19.0 Å². The topological polar surface area (TPSA) is 104 Å². The molecule has 2 aromatic carbocycles. The van der Waals surface area contributed by atoms with E-state index in [0.717, 1.165) is 22.0 Å². The predicted octanol–water partition coefficient (Wildman–Crippen LogP) is 3.01. The molecule has 0 fully saturated rings. The van der Waals surface area contributed by atoms with Gasteiger partial charge in [0.2, 0.25) is 5.52 Å². The van der Waals surface area contributed by atoms with E-state index in [1.807, 2.05) is 71.4 Å². The Morgan fingerprint density at radius 2 is 1.43 bits per heavy atom. The minimum Gasteiger partial charge on any atom is -0.487 e. The van der Waals surface area contributed by atoms with Gasteiger partial charge in [0.15, 0.2) is 24.2 Å². The van der Waals surface area contributed by atoms with E-state index in [-0.39, 0.29) is 12.3 Å². The molecule has 9 nitrogen and oxygen atoms in total. The Balaban J connectivity index is 1.53. The number of hydrogen-bond donors (Lipinski definition) is 1. The summed E-state index contributed by atoms with van der Waals surface area (Å²) in [6.07, 6.45) is 5.81. The highest BCUT2D eigenvalue weighted by Crippen LogP contribution is 2.29. The third kappa shape index (κ3) is 8.51. The molecule has 1 aromatic heterocycles. The molecule has 0 saturated heterocycles. The molecule has 1 aliphatic rings. The molecular formula is C27H32NO8S+. The van der Waals surface area contributed by atoms with Crippen molar-refractivity contribution in [2.24, 2.45) is 0 Å². The van der Waals surface area contributed by atoms with Crippen molar-refractivity contribution >= 4 is 33.2 Å². The van der Waals surface area contributed by atoms with Crippen molar-refractivity contribution < 1.29 is 41.2 Å². The average Bonchev–Trinajstić information content (AvgIpc) is 2.90. The molecule has 0 saturated carbocycles. The number of benzene rings is 2. The van der Waals surface area contributed by atoms with Crippen molar-refractivity contribution in [3.05, 3.63) is 65.9 Å². The number of rotatable bonds is 5. The maximum absolute atomic E-state index is 11.2. The number of nitrogens with zero attached hydrogens (tertiary/aromatic N) is 1. The lowest BCUT2D eigenvalue weighted by Gasteiger charge is -2.13. The lowest BCUT2D eigenvalue weighted by molar-refractivity contribution is -0.666. The van der Waals surface area contributed by atoms with Crippen LogP contribution in [0.1, 0.15) is 11.1 Å². The molecule has 4 rings (SSSR count). The van der Waals surface area contributed by atoms with Gasteiger partial charge in [0.25, 0.3) is 10.1 Å². The van der Waals surface area contributed by atoms with E-state index in [9.17, 15) is 8.42 Å². The fourth-order valence-corrected chi connectivity index (χ4v) is 4.30. The van der Waals surface area contributed by atoms with Crippen molar-refractivity contribution in [1.82, 2.24) is 0 Å². The van der Waals surface area contributed by atoms with Gasteiger partial charge >= 0.3 is 0 Å². The zero-order valence-corrected chi connectivity index (χ0v) is 21.4. The first-order valence-electron chi connectivity index (χ1n) is 12.2. The Labute approximate surface area is 216 Å². The van der Waals surface area contributed by atoms with Crippen LogP contribution < -0.4 is 14.0 Å². The van der Waals surface area contributed by atoms with Crippen molar-refractivity contribution in [2.75, 3.05) is 58.6 Å². The minimum atomic E-state index is -4.05. The van der Waals surface area contributed by atoms with Crippen molar-refractivity contribution in [3.63, 3.8) is 0 Å². The summed E-state index contributed by atoms with van der Waals surface area (Å²) in [6.45, 7) is 3.87. The van der Waals surface area contributed by atoms with Crippen LogP contribution in [0, 0.1) is 0 Å². The monoisotopic (exact) mass is 530 g/mol. The van der Waals surface area contributed by atoms with Crippen molar-refractivity contribution in [2.45, 2.75) is 6.54 Å². The van der Waals surface area contributed by atoms with E-state index in [1.165, 1.54) is 0 Å². The highest BCUT2D eigenvalue weighted by atomic mass is 32.2. The van der Waals surface area contributed by atoms with Crippen LogP contribution in [0.5, 0.6) is 11.5 Å². The molecule has 0 spiro atoms. The molecular weight excluding hydrogens is 498 g/mol. The van der Waals surface area contributed by atoms with E-state index in [0.29, 0.717) is 64.4 Å². The molecule has 0 amide bonds. The zero-order valence-electron chi connectivity index (χ0n) is 20.6. The molecule has 1 aliphatic heterocycles. The Bertz CT molecular complexity index is 1310. The molecule has 0 radical (unpaired) electrons. The maximum Gasteiger partial charge on any atom is 0.271 e. The average molecular weight is 531 g/mol. The maximum atomic E-state index is 11.2. The number of aromatic nitrogens is 1. The highest BCUT2D eigenvalue weighted by molar-refractivity contribution is 7.85. The van der Waals surface area contributed by atoms with E-state index >= 15 is 0 Å². The Hall–Kier alpha value is -3.02. The number of pyridine rings is 1. The van der Waals surface area contributed by atoms with Gasteiger partial charge in [-0.05, 0) is 29.3 Å². The van der Waals surface area contributed by atoms with E-state index in [2.05, 4.69) is 0 Å². The molecule has 3 aromatic rings. The van der Waals surface area contributed by atoms with Crippen LogP contribution in [0.4, 0.5) is 0 Å². The molecule has 198 valence electrons. The van der Waals surface area contributed by atoms with Crippen LogP contribution >= 0.6 is 0 Å². The number of ether oxygens (including phenoxy) is 5. The first-order valence-corrected chi connectivity index (χ1v) is 13.8. The molecule has 0 aliphatic carbocycles. The number of hydrogen-bond acceptors (Lipinski definition) is 7. The summed E-state index contributed by atoms with van der Waals surface area (Å²) in [5.74, 6) is 0.911. The minimum absolute atomic E-state index is 0.160. The number of aryl methyl sites for hydroxylation is 1. The van der Waals surface area contributed by atoms with Gasteiger partial charge in [-0.2, -0.15) is 13.0 Å². The summed E-state index contributed by atoms with van der Waals surface area (Å²) in [7, 11) is -4.05. The van der Waals surface area contributed by atoms with Crippen LogP contribution in [0.2, 0.25) is 0 Å². The molecule has 1 N–H and O–H groups in total. The van der Waals surface area contributed by atoms with Gasteiger partial charge in [-0.25, -0.2) is 0 Å². The van der Waals surface area contributed by atoms with E-state index in [4.69, 9.17) is 28.2 Å². The molecule has 0 unspecified atom stereocenters. The zero-order chi connectivity index (χ0) is 25.9. The van der Waals surface area contributed by atoms with Crippen molar-refractivity contribution in [1.29, 1.82) is 0 Å². The van der Waals surface area contributed by atoms with Gasteiger partial charge in [0, 0.05) is 12.1 Å². The summed E-state index contributed by atoms with van der Waals surface area (Å²) in [5.41, 5.74) is 2.77. The van der Waals surface area contributed by atoms with Crippen LogP contribution in [-0.2, 0) is 30.9 Å². The number of fused-ring (bicyclic) bond motifs is 2. The number of para-hydroxylation sites is 1. The first-order chi connectivity index (χ1) is 18.0. The second-order valence-electron chi connectivity index (χ2n) is 8.34. The summed E-state index contributed by atoms with van der Waals surface area (Å²) >= 11 is 0. The lowest BCUT2D eigenvalue weighted by Crippen LogP contribution is -2.37. The smallest absolute Gasteiger partial charge is 0.271 e. The van der Waals surface area contributed by atoms with Gasteiger partial charge in [0.05, 0.1) is 45.0 Å². The normalized spacial score (nSPS) is 16.4. The Morgan fingerprint density at radius 1 is 0.784 bits per heavy atom. The lowest BCUT2D eigenvalue weighted by atomic mass is 10.1. The molecule has 10 heteroatoms. The Morgan fingerprint density at radius 3 is 2.14 bits per heavy atom. The van der Waals surface area contributed by atoms with Gasteiger partial charge in [-0.1, -0.05) is 30.4 Å². The summed E-state index contributed by atoms with van der Waals surface area (Å²) in [4.78, 5) is 0. The second-order valence-corrected chi connectivity index (χ2v) is 9.91.